The Kier molecular flexibility index (Phi) is 12.1. The summed E-state index contributed by atoms with van der Waals surface area (Å²) in [6.45, 7) is 3.79. The van der Waals surface area contributed by atoms with Crippen LogP contribution < -0.4 is 10.6 Å². The fourth-order valence-electron chi connectivity index (χ4n) is 2.55. The van der Waals surface area contributed by atoms with Crippen molar-refractivity contribution in [1.82, 2.24) is 10.6 Å². The molecule has 0 bridgehead atoms. The molecular formula is C17H36N3O2S+. The van der Waals surface area contributed by atoms with Crippen LogP contribution in [0.4, 0.5) is 0 Å². The normalized spacial score (nSPS) is 12.7. The Hall–Kier alpha value is -0.880. The van der Waals surface area contributed by atoms with E-state index in [0.717, 1.165) is 13.0 Å². The van der Waals surface area contributed by atoms with Crippen molar-refractivity contribution < 1.29 is 14.4 Å². The maximum Gasteiger partial charge on any atom is 0.305 e. The second-order valence-corrected chi connectivity index (χ2v) is 7.70. The van der Waals surface area contributed by atoms with Crippen LogP contribution in [0.5, 0.6) is 0 Å². The molecule has 0 aromatic carbocycles. The maximum absolute atomic E-state index is 11.0. The Bertz CT molecular complexity index is 343. The number of quaternary nitrogens is 1. The van der Waals surface area contributed by atoms with E-state index in [4.69, 9.17) is 17.3 Å². The van der Waals surface area contributed by atoms with Crippen molar-refractivity contribution in [3.8, 4) is 0 Å². The molecule has 0 spiro atoms. The lowest BCUT2D eigenvalue weighted by molar-refractivity contribution is -0.871. The van der Waals surface area contributed by atoms with Gasteiger partial charge in [0.05, 0.1) is 40.2 Å². The highest BCUT2D eigenvalue weighted by Crippen LogP contribution is 2.06. The van der Waals surface area contributed by atoms with Gasteiger partial charge >= 0.3 is 5.97 Å². The summed E-state index contributed by atoms with van der Waals surface area (Å²) in [4.78, 5) is 11.0. The first-order valence-corrected chi connectivity index (χ1v) is 9.22. The van der Waals surface area contributed by atoms with E-state index in [9.17, 15) is 4.79 Å². The van der Waals surface area contributed by atoms with Gasteiger partial charge in [-0.1, -0.05) is 45.4 Å². The molecular weight excluding hydrogens is 310 g/mol. The van der Waals surface area contributed by atoms with Crippen molar-refractivity contribution in [2.45, 2.75) is 64.3 Å². The van der Waals surface area contributed by atoms with Crippen LogP contribution in [-0.2, 0) is 4.79 Å². The number of hydrogen-bond donors (Lipinski definition) is 3. The highest BCUT2D eigenvalue weighted by atomic mass is 32.1. The van der Waals surface area contributed by atoms with Crippen LogP contribution >= 0.6 is 12.2 Å². The fourth-order valence-corrected chi connectivity index (χ4v) is 2.82. The van der Waals surface area contributed by atoms with Crippen molar-refractivity contribution in [3.63, 3.8) is 0 Å². The van der Waals surface area contributed by atoms with Gasteiger partial charge in [-0.2, -0.15) is 0 Å². The second kappa shape index (κ2) is 12.5. The van der Waals surface area contributed by atoms with Gasteiger partial charge in [-0.15, -0.1) is 0 Å². The average Bonchev–Trinajstić information content (AvgIpc) is 2.39. The van der Waals surface area contributed by atoms with Crippen LogP contribution in [0.3, 0.4) is 0 Å². The Balaban J connectivity index is 3.88. The Morgan fingerprint density at radius 2 is 1.65 bits per heavy atom. The number of unbranched alkanes of at least 4 members (excludes halogenated alkanes) is 6. The maximum atomic E-state index is 11.0. The molecule has 0 saturated carbocycles. The summed E-state index contributed by atoms with van der Waals surface area (Å²) in [6.07, 6.45) is 8.96. The van der Waals surface area contributed by atoms with Gasteiger partial charge in [0.2, 0.25) is 0 Å². The molecule has 23 heavy (non-hydrogen) atoms. The third-order valence-electron chi connectivity index (χ3n) is 3.59. The van der Waals surface area contributed by atoms with E-state index in [-0.39, 0.29) is 12.5 Å². The van der Waals surface area contributed by atoms with E-state index >= 15 is 0 Å². The third-order valence-corrected chi connectivity index (χ3v) is 3.85. The molecule has 0 fully saturated rings. The first-order chi connectivity index (χ1) is 10.7. The summed E-state index contributed by atoms with van der Waals surface area (Å²) in [5.74, 6) is -0.800. The molecule has 0 aliphatic carbocycles. The smallest absolute Gasteiger partial charge is 0.305 e. The van der Waals surface area contributed by atoms with Crippen molar-refractivity contribution >= 4 is 23.3 Å². The molecule has 0 aliphatic rings. The molecule has 0 aliphatic heterocycles. The molecule has 6 heteroatoms. The predicted octanol–water partition coefficient (Wildman–Crippen LogP) is 2.75. The quantitative estimate of drug-likeness (QED) is 0.272. The molecule has 1 unspecified atom stereocenters. The summed E-state index contributed by atoms with van der Waals surface area (Å²) < 4.78 is 0.700. The van der Waals surface area contributed by atoms with Crippen LogP contribution in [0.2, 0.25) is 0 Å². The Labute approximate surface area is 147 Å². The van der Waals surface area contributed by atoms with Gasteiger partial charge in [0.25, 0.3) is 0 Å². The zero-order chi connectivity index (χ0) is 17.7. The zero-order valence-electron chi connectivity index (χ0n) is 15.4. The first-order valence-electron chi connectivity index (χ1n) is 8.81. The summed E-state index contributed by atoms with van der Waals surface area (Å²) in [6, 6.07) is -0.151. The number of thiocarbonyl (C=S) groups is 1. The summed E-state index contributed by atoms with van der Waals surface area (Å²) in [7, 11) is 6.14. The predicted molar refractivity (Wildman–Crippen MR) is 101 cm³/mol. The van der Waals surface area contributed by atoms with E-state index in [2.05, 4.69) is 17.6 Å². The highest BCUT2D eigenvalue weighted by molar-refractivity contribution is 7.80. The Morgan fingerprint density at radius 1 is 1.09 bits per heavy atom. The van der Waals surface area contributed by atoms with Crippen LogP contribution in [-0.4, -0.2) is 60.9 Å². The summed E-state index contributed by atoms with van der Waals surface area (Å²) in [5.41, 5.74) is 0. The molecule has 5 nitrogen and oxygen atoms in total. The first kappa shape index (κ1) is 22.1. The molecule has 0 aromatic heterocycles. The topological polar surface area (TPSA) is 61.4 Å². The van der Waals surface area contributed by atoms with Gasteiger partial charge in [0.15, 0.2) is 5.11 Å². The number of aliphatic carboxylic acids is 1. The molecule has 1 atom stereocenters. The van der Waals surface area contributed by atoms with Crippen molar-refractivity contribution in [2.75, 3.05) is 34.2 Å². The second-order valence-electron chi connectivity index (χ2n) is 7.29. The number of nitrogens with one attached hydrogen (secondary N) is 2. The largest absolute Gasteiger partial charge is 0.481 e. The molecule has 0 amide bonds. The minimum atomic E-state index is -0.800. The lowest BCUT2D eigenvalue weighted by Gasteiger charge is -2.29. The molecule has 0 radical (unpaired) electrons. The minimum Gasteiger partial charge on any atom is -0.481 e. The van der Waals surface area contributed by atoms with Gasteiger partial charge in [-0.25, -0.2) is 0 Å². The monoisotopic (exact) mass is 346 g/mol. The molecule has 3 N–H and O–H groups in total. The van der Waals surface area contributed by atoms with E-state index in [1.54, 1.807) is 0 Å². The van der Waals surface area contributed by atoms with E-state index in [1.165, 1.54) is 38.5 Å². The Morgan fingerprint density at radius 3 is 2.17 bits per heavy atom. The van der Waals surface area contributed by atoms with Gasteiger partial charge in [-0.05, 0) is 18.6 Å². The van der Waals surface area contributed by atoms with E-state index in [0.29, 0.717) is 16.1 Å². The number of hydrogen-bond acceptors (Lipinski definition) is 2. The van der Waals surface area contributed by atoms with Crippen molar-refractivity contribution in [1.29, 1.82) is 0 Å². The highest BCUT2D eigenvalue weighted by Gasteiger charge is 2.21. The average molecular weight is 347 g/mol. The van der Waals surface area contributed by atoms with Crippen molar-refractivity contribution in [2.24, 2.45) is 0 Å². The SMILES string of the molecule is CCCCCCCCCNC(=S)NC(CC(=O)O)C[N+](C)(C)C. The fraction of sp³-hybridized carbons (Fsp3) is 0.882. The molecule has 0 rings (SSSR count). The standard InChI is InChI=1S/C17H35N3O2S/c1-5-6-7-8-9-10-11-12-18-17(23)19-15(13-16(21)22)14-20(2,3)4/h15H,5-14H2,1-4H3,(H2-,18,19,21,22,23)/p+1. The summed E-state index contributed by atoms with van der Waals surface area (Å²) in [5, 5.41) is 15.9. The number of carboxylic acid groups (broad SMARTS) is 1. The number of likely N-dealkylation sites (N-methyl/N-ethyl adjacent to an activating group) is 1. The molecule has 0 heterocycles. The van der Waals surface area contributed by atoms with E-state index in [1.807, 2.05) is 21.1 Å². The van der Waals surface area contributed by atoms with Crippen LogP contribution in [0, 0.1) is 0 Å². The third kappa shape index (κ3) is 15.8. The lowest BCUT2D eigenvalue weighted by atomic mass is 10.1. The van der Waals surface area contributed by atoms with Crippen LogP contribution in [0.25, 0.3) is 0 Å². The molecule has 0 aromatic rings. The van der Waals surface area contributed by atoms with Gasteiger partial charge in [-0.3, -0.25) is 4.79 Å². The number of carbonyl (C=O) groups is 1. The molecule has 0 saturated heterocycles. The minimum absolute atomic E-state index is 0.0781. The van der Waals surface area contributed by atoms with Crippen LogP contribution in [0.1, 0.15) is 58.3 Å². The number of carboxylic acids is 1. The lowest BCUT2D eigenvalue weighted by Crippen LogP contribution is -2.51. The number of nitrogens with zero attached hydrogens (tertiary/aromatic N) is 1. The van der Waals surface area contributed by atoms with Gasteiger partial charge in [0, 0.05) is 6.54 Å². The number of rotatable bonds is 13. The van der Waals surface area contributed by atoms with E-state index < -0.39 is 5.97 Å². The molecule has 136 valence electrons. The van der Waals surface area contributed by atoms with Crippen molar-refractivity contribution in [3.05, 3.63) is 0 Å². The van der Waals surface area contributed by atoms with Crippen LogP contribution in [0.15, 0.2) is 0 Å². The zero-order valence-corrected chi connectivity index (χ0v) is 16.2. The van der Waals surface area contributed by atoms with Gasteiger partial charge in [0.1, 0.15) is 0 Å². The summed E-state index contributed by atoms with van der Waals surface area (Å²) >= 11 is 5.29. The van der Waals surface area contributed by atoms with Gasteiger partial charge < -0.3 is 20.2 Å².